The van der Waals surface area contributed by atoms with E-state index in [2.05, 4.69) is 27.9 Å². The van der Waals surface area contributed by atoms with Crippen molar-refractivity contribution in [2.45, 2.75) is 153 Å². The number of likely N-dealkylation sites (tertiary alicyclic amines) is 1. The number of carbonyl (C=O) groups is 6. The molecule has 0 aliphatic carbocycles. The van der Waals surface area contributed by atoms with Gasteiger partial charge in [0.25, 0.3) is 0 Å². The van der Waals surface area contributed by atoms with Crippen LogP contribution in [0.5, 0.6) is 0 Å². The SMILES string of the molecule is CCCCCCCCCCCCCCCC(=O)CNCC(=O)N[C@@H](CCC(=O)O)C(=O)N1CCC[C@H]1C(=O)N[C@@H](CCCN=C(N)N)C(=O)O. The molecular formula is C35H63N7O8. The predicted molar refractivity (Wildman–Crippen MR) is 191 cm³/mol. The molecule has 286 valence electrons. The summed E-state index contributed by atoms with van der Waals surface area (Å²) in [4.78, 5) is 79.7. The van der Waals surface area contributed by atoms with Crippen molar-refractivity contribution in [3.8, 4) is 0 Å². The fourth-order valence-electron chi connectivity index (χ4n) is 6.05. The number of carbonyl (C=O) groups excluding carboxylic acids is 4. The summed E-state index contributed by atoms with van der Waals surface area (Å²) >= 11 is 0. The number of carboxylic acids is 2. The number of nitrogens with two attached hydrogens (primary N) is 2. The maximum absolute atomic E-state index is 13.5. The minimum atomic E-state index is -1.25. The average Bonchev–Trinajstić information content (AvgIpc) is 3.56. The number of nitrogens with zero attached hydrogens (tertiary/aromatic N) is 2. The largest absolute Gasteiger partial charge is 0.481 e. The molecule has 0 radical (unpaired) electrons. The number of aliphatic carboxylic acids is 2. The van der Waals surface area contributed by atoms with E-state index in [1.807, 2.05) is 0 Å². The van der Waals surface area contributed by atoms with Crippen LogP contribution in [0.3, 0.4) is 0 Å². The first-order valence-corrected chi connectivity index (χ1v) is 18.6. The normalized spacial score (nSPS) is 15.2. The van der Waals surface area contributed by atoms with Crippen LogP contribution in [0.4, 0.5) is 0 Å². The third-order valence-electron chi connectivity index (χ3n) is 8.85. The second kappa shape index (κ2) is 27.0. The van der Waals surface area contributed by atoms with Crippen LogP contribution in [0.15, 0.2) is 4.99 Å². The van der Waals surface area contributed by atoms with Gasteiger partial charge in [0.2, 0.25) is 17.7 Å². The summed E-state index contributed by atoms with van der Waals surface area (Å²) in [6, 6.07) is -3.42. The second-order valence-corrected chi connectivity index (χ2v) is 13.2. The minimum Gasteiger partial charge on any atom is -0.481 e. The van der Waals surface area contributed by atoms with Crippen LogP contribution in [0.2, 0.25) is 0 Å². The van der Waals surface area contributed by atoms with Gasteiger partial charge < -0.3 is 42.5 Å². The van der Waals surface area contributed by atoms with E-state index in [0.29, 0.717) is 19.3 Å². The Labute approximate surface area is 297 Å². The number of guanidine groups is 1. The van der Waals surface area contributed by atoms with E-state index in [-0.39, 0.29) is 57.2 Å². The first-order chi connectivity index (χ1) is 24.0. The monoisotopic (exact) mass is 709 g/mol. The molecule has 1 rings (SSSR count). The smallest absolute Gasteiger partial charge is 0.326 e. The number of ketones is 1. The molecule has 15 heteroatoms. The summed E-state index contributed by atoms with van der Waals surface area (Å²) in [5, 5.41) is 26.6. The van der Waals surface area contributed by atoms with Gasteiger partial charge in [0.1, 0.15) is 23.9 Å². The zero-order valence-corrected chi connectivity index (χ0v) is 30.1. The van der Waals surface area contributed by atoms with E-state index >= 15 is 0 Å². The first-order valence-electron chi connectivity index (χ1n) is 18.6. The highest BCUT2D eigenvalue weighted by atomic mass is 16.4. The lowest BCUT2D eigenvalue weighted by Crippen LogP contribution is -2.56. The van der Waals surface area contributed by atoms with Crippen molar-refractivity contribution in [2.75, 3.05) is 26.2 Å². The van der Waals surface area contributed by atoms with Crippen molar-refractivity contribution in [3.05, 3.63) is 0 Å². The van der Waals surface area contributed by atoms with Crippen molar-refractivity contribution in [1.82, 2.24) is 20.9 Å². The number of amides is 3. The van der Waals surface area contributed by atoms with Crippen LogP contribution in [-0.4, -0.2) is 101 Å². The molecule has 3 atom stereocenters. The number of Topliss-reactive ketones (excluding diaryl/α,β-unsaturated/α-hetero) is 1. The van der Waals surface area contributed by atoms with Gasteiger partial charge in [-0.1, -0.05) is 84.0 Å². The highest BCUT2D eigenvalue weighted by Crippen LogP contribution is 2.20. The molecule has 3 amide bonds. The van der Waals surface area contributed by atoms with E-state index < -0.39 is 54.2 Å². The van der Waals surface area contributed by atoms with Gasteiger partial charge >= 0.3 is 11.9 Å². The second-order valence-electron chi connectivity index (χ2n) is 13.2. The Bertz CT molecular complexity index is 1080. The predicted octanol–water partition coefficient (Wildman–Crippen LogP) is 2.59. The number of carboxylic acid groups (broad SMARTS) is 2. The molecule has 50 heavy (non-hydrogen) atoms. The van der Waals surface area contributed by atoms with E-state index in [1.165, 1.54) is 69.1 Å². The Morgan fingerprint density at radius 3 is 1.92 bits per heavy atom. The van der Waals surface area contributed by atoms with Gasteiger partial charge in [-0.3, -0.25) is 29.0 Å². The van der Waals surface area contributed by atoms with E-state index in [0.717, 1.165) is 19.3 Å². The summed E-state index contributed by atoms with van der Waals surface area (Å²) in [6.07, 6.45) is 16.8. The van der Waals surface area contributed by atoms with Crippen LogP contribution in [0.1, 0.15) is 135 Å². The molecule has 0 aromatic heterocycles. The Hall–Kier alpha value is -3.75. The van der Waals surface area contributed by atoms with Gasteiger partial charge in [-0.2, -0.15) is 0 Å². The molecule has 0 aromatic rings. The molecular weight excluding hydrogens is 646 g/mol. The Kier molecular flexibility index (Phi) is 23.9. The quantitative estimate of drug-likeness (QED) is 0.0324. The van der Waals surface area contributed by atoms with Gasteiger partial charge in [0, 0.05) is 25.9 Å². The lowest BCUT2D eigenvalue weighted by Gasteiger charge is -2.29. The van der Waals surface area contributed by atoms with Gasteiger partial charge in [-0.05, 0) is 38.5 Å². The van der Waals surface area contributed by atoms with Crippen LogP contribution < -0.4 is 27.4 Å². The van der Waals surface area contributed by atoms with E-state index in [9.17, 15) is 39.0 Å². The Balaban J connectivity index is 2.47. The minimum absolute atomic E-state index is 0.00445. The third-order valence-corrected chi connectivity index (χ3v) is 8.85. The highest BCUT2D eigenvalue weighted by molar-refractivity contribution is 5.94. The zero-order chi connectivity index (χ0) is 37.1. The summed E-state index contributed by atoms with van der Waals surface area (Å²) in [7, 11) is 0. The molecule has 1 aliphatic rings. The van der Waals surface area contributed by atoms with Crippen molar-refractivity contribution >= 4 is 41.4 Å². The summed E-state index contributed by atoms with van der Waals surface area (Å²) in [5.74, 6) is -4.42. The van der Waals surface area contributed by atoms with Gasteiger partial charge in [0.05, 0.1) is 13.1 Å². The fraction of sp³-hybridized carbons (Fsp3) is 0.800. The number of hydrogen-bond donors (Lipinski definition) is 7. The summed E-state index contributed by atoms with van der Waals surface area (Å²) < 4.78 is 0. The highest BCUT2D eigenvalue weighted by Gasteiger charge is 2.38. The lowest BCUT2D eigenvalue weighted by molar-refractivity contribution is -0.145. The Morgan fingerprint density at radius 1 is 0.760 bits per heavy atom. The van der Waals surface area contributed by atoms with Gasteiger partial charge in [-0.25, -0.2) is 4.79 Å². The number of nitrogens with one attached hydrogen (secondary N) is 3. The molecule has 0 bridgehead atoms. The van der Waals surface area contributed by atoms with Gasteiger partial charge in [0.15, 0.2) is 5.96 Å². The maximum atomic E-state index is 13.5. The average molecular weight is 710 g/mol. The molecule has 1 aliphatic heterocycles. The summed E-state index contributed by atoms with van der Waals surface area (Å²) in [6.45, 7) is 2.36. The van der Waals surface area contributed by atoms with E-state index in [4.69, 9.17) is 11.5 Å². The number of unbranched alkanes of at least 4 members (excludes halogenated alkanes) is 12. The number of rotatable bonds is 30. The fourth-order valence-corrected chi connectivity index (χ4v) is 6.05. The van der Waals surface area contributed by atoms with Crippen molar-refractivity contribution in [2.24, 2.45) is 16.5 Å². The third kappa shape index (κ3) is 20.7. The first kappa shape index (κ1) is 44.3. The number of hydrogen-bond acceptors (Lipinski definition) is 8. The van der Waals surface area contributed by atoms with E-state index in [1.54, 1.807) is 0 Å². The summed E-state index contributed by atoms with van der Waals surface area (Å²) in [5.41, 5.74) is 10.6. The van der Waals surface area contributed by atoms with Crippen molar-refractivity contribution in [1.29, 1.82) is 0 Å². The molecule has 0 unspecified atom stereocenters. The van der Waals surface area contributed by atoms with Crippen LogP contribution in [0.25, 0.3) is 0 Å². The van der Waals surface area contributed by atoms with Crippen LogP contribution >= 0.6 is 0 Å². The standard InChI is InChI=1S/C35H63N7O8/c1-2-3-4-5-6-7-8-9-10-11-12-13-14-17-26(43)24-38-25-30(44)40-27(20-21-31(45)46)33(48)42-23-16-19-29(42)32(47)41-28(34(49)50)18-15-22-39-35(36)37/h27-29,38H,2-25H2,1H3,(H,40,44)(H,41,47)(H,45,46)(H,49,50)(H4,36,37,39)/t27-,28-,29-/m0/s1. The maximum Gasteiger partial charge on any atom is 0.326 e. The molecule has 1 fully saturated rings. The molecule has 1 saturated heterocycles. The van der Waals surface area contributed by atoms with Crippen molar-refractivity contribution < 1.29 is 39.0 Å². The molecule has 9 N–H and O–H groups in total. The van der Waals surface area contributed by atoms with Gasteiger partial charge in [-0.15, -0.1) is 0 Å². The molecule has 0 spiro atoms. The molecule has 0 saturated carbocycles. The lowest BCUT2D eigenvalue weighted by atomic mass is 10.0. The molecule has 1 heterocycles. The zero-order valence-electron chi connectivity index (χ0n) is 30.1. The van der Waals surface area contributed by atoms with Crippen molar-refractivity contribution in [3.63, 3.8) is 0 Å². The van der Waals surface area contributed by atoms with Crippen LogP contribution in [0, 0.1) is 0 Å². The van der Waals surface area contributed by atoms with Crippen LogP contribution in [-0.2, 0) is 28.8 Å². The molecule has 15 nitrogen and oxygen atoms in total. The Morgan fingerprint density at radius 2 is 1.36 bits per heavy atom. The molecule has 0 aromatic carbocycles. The topological polar surface area (TPSA) is 247 Å². The number of aliphatic imine (C=N–C) groups is 1.